The van der Waals surface area contributed by atoms with E-state index >= 15 is 0 Å². The van der Waals surface area contributed by atoms with E-state index in [4.69, 9.17) is 11.5 Å². The van der Waals surface area contributed by atoms with Gasteiger partial charge in [0.05, 0.1) is 12.5 Å². The summed E-state index contributed by atoms with van der Waals surface area (Å²) < 4.78 is 0. The second-order valence-electron chi connectivity index (χ2n) is 7.98. The summed E-state index contributed by atoms with van der Waals surface area (Å²) in [6.07, 6.45) is 0.223. The van der Waals surface area contributed by atoms with Crippen molar-refractivity contribution in [3.8, 4) is 5.75 Å². The van der Waals surface area contributed by atoms with Crippen LogP contribution in [0, 0.1) is 0 Å². The molecule has 2 rings (SSSR count). The Kier molecular flexibility index (Phi) is 9.69. The van der Waals surface area contributed by atoms with Crippen molar-refractivity contribution in [3.05, 3.63) is 29.8 Å². The summed E-state index contributed by atoms with van der Waals surface area (Å²) in [5.74, 6) is -4.12. The highest BCUT2D eigenvalue weighted by Gasteiger charge is 2.39. The molecule has 1 aromatic rings. The molecule has 0 saturated carbocycles. The molecular weight excluding hydrogens is 466 g/mol. The minimum Gasteiger partial charge on any atom is -0.508 e. The number of carbonyl (C=O) groups excluding carboxylic acids is 4. The quantitative estimate of drug-likeness (QED) is 0.172. The van der Waals surface area contributed by atoms with Crippen LogP contribution in [0.4, 0.5) is 0 Å². The van der Waals surface area contributed by atoms with Crippen molar-refractivity contribution in [2.45, 2.75) is 49.9 Å². The summed E-state index contributed by atoms with van der Waals surface area (Å²) in [6.45, 7) is 0.213. The minimum atomic E-state index is -1.52. The van der Waals surface area contributed by atoms with Gasteiger partial charge in [-0.05, 0) is 30.5 Å². The molecule has 4 amide bonds. The minimum absolute atomic E-state index is 0.0352. The molecule has 1 aromatic carbocycles. The van der Waals surface area contributed by atoms with Gasteiger partial charge in [0.1, 0.15) is 23.9 Å². The van der Waals surface area contributed by atoms with Crippen molar-refractivity contribution in [1.82, 2.24) is 15.5 Å². The molecule has 1 saturated heterocycles. The average Bonchev–Trinajstić information content (AvgIpc) is 3.28. The SMILES string of the molecule is NC(=O)CC(NC(=O)C1CCCN1C(=O)C(Cc1ccc(O)cc1)NC(=O)C(N)CS)C(=O)O. The van der Waals surface area contributed by atoms with Gasteiger partial charge in [-0.15, -0.1) is 0 Å². The number of primary amides is 1. The van der Waals surface area contributed by atoms with Crippen molar-refractivity contribution in [3.63, 3.8) is 0 Å². The van der Waals surface area contributed by atoms with Gasteiger partial charge in [0.2, 0.25) is 23.6 Å². The van der Waals surface area contributed by atoms with Crippen LogP contribution in [-0.2, 0) is 30.4 Å². The van der Waals surface area contributed by atoms with Gasteiger partial charge in [-0.1, -0.05) is 12.1 Å². The maximum Gasteiger partial charge on any atom is 0.326 e. The van der Waals surface area contributed by atoms with Gasteiger partial charge in [-0.25, -0.2) is 4.79 Å². The number of likely N-dealkylation sites (tertiary alicyclic amines) is 1. The largest absolute Gasteiger partial charge is 0.508 e. The summed E-state index contributed by atoms with van der Waals surface area (Å²) >= 11 is 4.00. The van der Waals surface area contributed by atoms with E-state index in [1.807, 2.05) is 0 Å². The van der Waals surface area contributed by atoms with Gasteiger partial charge >= 0.3 is 5.97 Å². The summed E-state index contributed by atoms with van der Waals surface area (Å²) in [7, 11) is 0. The molecule has 1 aliphatic heterocycles. The Labute approximate surface area is 201 Å². The van der Waals surface area contributed by atoms with E-state index in [0.29, 0.717) is 12.0 Å². The molecule has 12 nitrogen and oxygen atoms in total. The number of nitrogens with two attached hydrogens (primary N) is 2. The molecule has 1 fully saturated rings. The number of thiol groups is 1. The Morgan fingerprint density at radius 1 is 1.12 bits per heavy atom. The van der Waals surface area contributed by atoms with Crippen molar-refractivity contribution in [2.24, 2.45) is 11.5 Å². The molecule has 8 N–H and O–H groups in total. The zero-order valence-electron chi connectivity index (χ0n) is 18.3. The third kappa shape index (κ3) is 7.35. The number of rotatable bonds is 11. The molecule has 34 heavy (non-hydrogen) atoms. The number of nitrogens with one attached hydrogen (secondary N) is 2. The lowest BCUT2D eigenvalue weighted by Crippen LogP contribution is -2.57. The van der Waals surface area contributed by atoms with Gasteiger partial charge in [0, 0.05) is 18.7 Å². The molecule has 4 unspecified atom stereocenters. The number of aromatic hydroxyl groups is 1. The smallest absolute Gasteiger partial charge is 0.326 e. The second-order valence-corrected chi connectivity index (χ2v) is 8.35. The lowest BCUT2D eigenvalue weighted by Gasteiger charge is -2.30. The third-order valence-corrected chi connectivity index (χ3v) is 5.78. The number of amides is 4. The Bertz CT molecular complexity index is 927. The van der Waals surface area contributed by atoms with Gasteiger partial charge in [-0.3, -0.25) is 19.2 Å². The zero-order valence-corrected chi connectivity index (χ0v) is 19.2. The lowest BCUT2D eigenvalue weighted by molar-refractivity contribution is -0.145. The first-order valence-electron chi connectivity index (χ1n) is 10.6. The van der Waals surface area contributed by atoms with Gasteiger partial charge in [0.15, 0.2) is 0 Å². The first-order valence-corrected chi connectivity index (χ1v) is 11.2. The fraction of sp³-hybridized carbons (Fsp3) is 0.476. The second kappa shape index (κ2) is 12.2. The molecule has 0 aromatic heterocycles. The fourth-order valence-corrected chi connectivity index (χ4v) is 3.77. The summed E-state index contributed by atoms with van der Waals surface area (Å²) in [6, 6.07) is 1.53. The van der Waals surface area contributed by atoms with E-state index in [1.165, 1.54) is 17.0 Å². The van der Waals surface area contributed by atoms with Crippen LogP contribution >= 0.6 is 12.6 Å². The number of carboxylic acid groups (broad SMARTS) is 1. The molecule has 186 valence electrons. The molecular formula is C21H29N5O7S. The first-order chi connectivity index (χ1) is 16.0. The highest BCUT2D eigenvalue weighted by molar-refractivity contribution is 7.80. The van der Waals surface area contributed by atoms with Crippen LogP contribution < -0.4 is 22.1 Å². The van der Waals surface area contributed by atoms with Crippen molar-refractivity contribution in [1.29, 1.82) is 0 Å². The normalized spacial score (nSPS) is 17.9. The highest BCUT2D eigenvalue weighted by Crippen LogP contribution is 2.21. The number of carboxylic acids is 1. The summed E-state index contributed by atoms with van der Waals surface area (Å²) in [4.78, 5) is 62.4. The molecule has 1 heterocycles. The standard InChI is InChI=1S/C21H29N5O7S/c22-13(10-34)18(29)24-14(8-11-3-5-12(27)6-4-11)20(31)26-7-1-2-16(26)19(30)25-15(21(32)33)9-17(23)28/h3-6,13-16,27,34H,1-2,7-10,22H2,(H2,23,28)(H,24,29)(H,25,30)(H,32,33). The van der Waals surface area contributed by atoms with Crippen LogP contribution in [0.1, 0.15) is 24.8 Å². The number of carbonyl (C=O) groups is 5. The monoisotopic (exact) mass is 495 g/mol. The van der Waals surface area contributed by atoms with Crippen LogP contribution in [0.2, 0.25) is 0 Å². The number of nitrogens with zero attached hydrogens (tertiary/aromatic N) is 1. The molecule has 4 atom stereocenters. The average molecular weight is 496 g/mol. The van der Waals surface area contributed by atoms with Crippen LogP contribution in [0.25, 0.3) is 0 Å². The number of benzene rings is 1. The first kappa shape index (κ1) is 26.9. The van der Waals surface area contributed by atoms with Crippen LogP contribution in [0.3, 0.4) is 0 Å². The Balaban J connectivity index is 2.22. The van der Waals surface area contributed by atoms with E-state index in [9.17, 15) is 34.2 Å². The van der Waals surface area contributed by atoms with Gasteiger partial charge in [-0.2, -0.15) is 12.6 Å². The van der Waals surface area contributed by atoms with E-state index < -0.39 is 60.2 Å². The number of aliphatic carboxylic acids is 1. The van der Waals surface area contributed by atoms with Gasteiger partial charge < -0.3 is 37.2 Å². The van der Waals surface area contributed by atoms with Crippen LogP contribution in [0.5, 0.6) is 5.75 Å². The van der Waals surface area contributed by atoms with E-state index in [0.717, 1.165) is 0 Å². The number of phenolic OH excluding ortho intramolecular Hbond substituents is 1. The zero-order chi connectivity index (χ0) is 25.4. The Hall–Kier alpha value is -3.32. The lowest BCUT2D eigenvalue weighted by atomic mass is 10.0. The maximum absolute atomic E-state index is 13.4. The number of hydrogen-bond donors (Lipinski definition) is 7. The molecule has 0 spiro atoms. The fourth-order valence-electron chi connectivity index (χ4n) is 3.60. The summed E-state index contributed by atoms with van der Waals surface area (Å²) in [5, 5.41) is 23.6. The van der Waals surface area contributed by atoms with Crippen molar-refractivity contribution < 1.29 is 34.2 Å². The van der Waals surface area contributed by atoms with E-state index in [2.05, 4.69) is 23.3 Å². The highest BCUT2D eigenvalue weighted by atomic mass is 32.1. The summed E-state index contributed by atoms with van der Waals surface area (Å²) in [5.41, 5.74) is 11.4. The molecule has 0 bridgehead atoms. The Morgan fingerprint density at radius 3 is 2.32 bits per heavy atom. The van der Waals surface area contributed by atoms with Crippen LogP contribution in [-0.4, -0.2) is 81.2 Å². The molecule has 0 radical (unpaired) electrons. The van der Waals surface area contributed by atoms with Crippen molar-refractivity contribution in [2.75, 3.05) is 12.3 Å². The van der Waals surface area contributed by atoms with Gasteiger partial charge in [0.25, 0.3) is 0 Å². The van der Waals surface area contributed by atoms with E-state index in [1.54, 1.807) is 12.1 Å². The predicted molar refractivity (Wildman–Crippen MR) is 124 cm³/mol. The molecule has 1 aliphatic rings. The maximum atomic E-state index is 13.4. The Morgan fingerprint density at radius 2 is 1.76 bits per heavy atom. The predicted octanol–water partition coefficient (Wildman–Crippen LogP) is -1.89. The number of hydrogen-bond acceptors (Lipinski definition) is 8. The third-order valence-electron chi connectivity index (χ3n) is 5.38. The van der Waals surface area contributed by atoms with Crippen molar-refractivity contribution >= 4 is 42.2 Å². The number of phenols is 1. The molecule has 0 aliphatic carbocycles. The van der Waals surface area contributed by atoms with Crippen LogP contribution in [0.15, 0.2) is 24.3 Å². The topological polar surface area (TPSA) is 205 Å². The van der Waals surface area contributed by atoms with E-state index in [-0.39, 0.29) is 30.9 Å². The molecule has 13 heteroatoms.